The average Bonchev–Trinajstić information content (AvgIpc) is 2.61. The molecular weight excluding hydrogens is 228 g/mol. The van der Waals surface area contributed by atoms with Gasteiger partial charge in [0.1, 0.15) is 0 Å². The molecule has 1 fully saturated rings. The largest absolute Gasteiger partial charge is 0.307 e. The Bertz CT molecular complexity index is 348. The van der Waals surface area contributed by atoms with Crippen LogP contribution in [0.3, 0.4) is 0 Å². The van der Waals surface area contributed by atoms with Crippen molar-refractivity contribution in [2.24, 2.45) is 5.92 Å². The first kappa shape index (κ1) is 13.0. The molecular formula is C14H24N2S. The number of nitrogens with zero attached hydrogens (tertiary/aromatic N) is 1. The lowest BCUT2D eigenvalue weighted by Gasteiger charge is -2.21. The molecule has 1 aromatic rings. The average molecular weight is 252 g/mol. The lowest BCUT2D eigenvalue weighted by molar-refractivity contribution is 0.410. The molecule has 2 rings (SSSR count). The summed E-state index contributed by atoms with van der Waals surface area (Å²) >= 11 is 1.78. The zero-order valence-electron chi connectivity index (χ0n) is 11.2. The summed E-state index contributed by atoms with van der Waals surface area (Å²) in [6, 6.07) is 1.16. The normalized spacial score (nSPS) is 27.7. The molecule has 3 heteroatoms. The summed E-state index contributed by atoms with van der Waals surface area (Å²) in [4.78, 5) is 5.74. The van der Waals surface area contributed by atoms with Crippen LogP contribution in [0.4, 0.5) is 0 Å². The van der Waals surface area contributed by atoms with Gasteiger partial charge < -0.3 is 5.32 Å². The van der Waals surface area contributed by atoms with Crippen LogP contribution in [0.5, 0.6) is 0 Å². The highest BCUT2D eigenvalue weighted by Gasteiger charge is 2.19. The molecule has 3 atom stereocenters. The molecule has 0 amide bonds. The third-order valence-electron chi connectivity index (χ3n) is 3.92. The second-order valence-electron chi connectivity index (χ2n) is 5.50. The summed E-state index contributed by atoms with van der Waals surface area (Å²) in [6.45, 7) is 6.77. The van der Waals surface area contributed by atoms with E-state index in [0.717, 1.165) is 5.92 Å². The predicted molar refractivity (Wildman–Crippen MR) is 74.4 cm³/mol. The summed E-state index contributed by atoms with van der Waals surface area (Å²) in [5.41, 5.74) is 3.15. The second-order valence-corrected chi connectivity index (χ2v) is 6.39. The van der Waals surface area contributed by atoms with Crippen LogP contribution in [0.25, 0.3) is 0 Å². The number of nitrogens with one attached hydrogen (secondary N) is 1. The van der Waals surface area contributed by atoms with E-state index in [1.807, 2.05) is 5.51 Å². The Morgan fingerprint density at radius 2 is 2.18 bits per heavy atom. The highest BCUT2D eigenvalue weighted by molar-refractivity contribution is 7.09. The van der Waals surface area contributed by atoms with Crippen molar-refractivity contribution in [1.29, 1.82) is 0 Å². The van der Waals surface area contributed by atoms with Crippen molar-refractivity contribution < 1.29 is 0 Å². The molecule has 3 unspecified atom stereocenters. The van der Waals surface area contributed by atoms with Gasteiger partial charge in [0.15, 0.2) is 0 Å². The Hall–Kier alpha value is -0.410. The van der Waals surface area contributed by atoms with Crippen LogP contribution < -0.4 is 5.32 Å². The minimum absolute atomic E-state index is 0.459. The van der Waals surface area contributed by atoms with Gasteiger partial charge in [-0.15, -0.1) is 11.3 Å². The van der Waals surface area contributed by atoms with E-state index in [1.165, 1.54) is 42.7 Å². The topological polar surface area (TPSA) is 24.9 Å². The van der Waals surface area contributed by atoms with Crippen LogP contribution in [0.15, 0.2) is 5.51 Å². The van der Waals surface area contributed by atoms with Crippen LogP contribution in [0.1, 0.15) is 62.6 Å². The Kier molecular flexibility index (Phi) is 4.57. The van der Waals surface area contributed by atoms with Gasteiger partial charge in [-0.3, -0.25) is 0 Å². The fourth-order valence-corrected chi connectivity index (χ4v) is 3.63. The first-order chi connectivity index (χ1) is 8.16. The molecule has 96 valence electrons. The third kappa shape index (κ3) is 3.52. The van der Waals surface area contributed by atoms with Crippen molar-refractivity contribution in [3.63, 3.8) is 0 Å². The second kappa shape index (κ2) is 5.96. The van der Waals surface area contributed by atoms with Crippen LogP contribution in [-0.2, 0) is 0 Å². The van der Waals surface area contributed by atoms with E-state index in [1.54, 1.807) is 11.3 Å². The van der Waals surface area contributed by atoms with Gasteiger partial charge >= 0.3 is 0 Å². The van der Waals surface area contributed by atoms with Gasteiger partial charge in [-0.25, -0.2) is 4.98 Å². The molecule has 1 N–H and O–H groups in total. The quantitative estimate of drug-likeness (QED) is 0.820. The molecule has 1 aliphatic rings. The standard InChI is InChI=1S/C14H24N2S/c1-10-5-4-6-13(8-7-10)16-12(3)14-11(2)15-9-17-14/h9-10,12-13,16H,4-8H2,1-3H3. The van der Waals surface area contributed by atoms with E-state index >= 15 is 0 Å². The Balaban J connectivity index is 1.90. The lowest BCUT2D eigenvalue weighted by atomic mass is 10.0. The number of hydrogen-bond acceptors (Lipinski definition) is 3. The summed E-state index contributed by atoms with van der Waals surface area (Å²) in [5, 5.41) is 3.79. The van der Waals surface area contributed by atoms with Crippen LogP contribution in [0, 0.1) is 12.8 Å². The molecule has 1 aromatic heterocycles. The number of aryl methyl sites for hydroxylation is 1. The minimum Gasteiger partial charge on any atom is -0.307 e. The Morgan fingerprint density at radius 1 is 1.35 bits per heavy atom. The molecule has 0 bridgehead atoms. The molecule has 0 aromatic carbocycles. The monoisotopic (exact) mass is 252 g/mol. The van der Waals surface area contributed by atoms with E-state index in [2.05, 4.69) is 31.1 Å². The molecule has 17 heavy (non-hydrogen) atoms. The first-order valence-electron chi connectivity index (χ1n) is 6.83. The van der Waals surface area contributed by atoms with Gasteiger partial charge in [0.25, 0.3) is 0 Å². The summed E-state index contributed by atoms with van der Waals surface area (Å²) in [7, 11) is 0. The van der Waals surface area contributed by atoms with Crippen molar-refractivity contribution in [2.75, 3.05) is 0 Å². The maximum absolute atomic E-state index is 4.34. The zero-order chi connectivity index (χ0) is 12.3. The first-order valence-corrected chi connectivity index (χ1v) is 7.71. The SMILES string of the molecule is Cc1ncsc1C(C)NC1CCCC(C)CC1. The van der Waals surface area contributed by atoms with E-state index < -0.39 is 0 Å². The summed E-state index contributed by atoms with van der Waals surface area (Å²) in [6.07, 6.45) is 6.85. The van der Waals surface area contributed by atoms with E-state index in [0.29, 0.717) is 12.1 Å². The van der Waals surface area contributed by atoms with Crippen molar-refractivity contribution >= 4 is 11.3 Å². The predicted octanol–water partition coefficient (Wildman–Crippen LogP) is 4.07. The van der Waals surface area contributed by atoms with E-state index in [4.69, 9.17) is 0 Å². The number of aromatic nitrogens is 1. The van der Waals surface area contributed by atoms with Gasteiger partial charge in [-0.1, -0.05) is 19.8 Å². The van der Waals surface area contributed by atoms with Gasteiger partial charge in [-0.05, 0) is 39.0 Å². The van der Waals surface area contributed by atoms with Crippen molar-refractivity contribution in [3.8, 4) is 0 Å². The van der Waals surface area contributed by atoms with Gasteiger partial charge in [-0.2, -0.15) is 0 Å². The molecule has 0 spiro atoms. The molecule has 0 aliphatic heterocycles. The zero-order valence-corrected chi connectivity index (χ0v) is 12.0. The lowest BCUT2D eigenvalue weighted by Crippen LogP contribution is -2.31. The van der Waals surface area contributed by atoms with Crippen molar-refractivity contribution in [2.45, 2.75) is 65.0 Å². The summed E-state index contributed by atoms with van der Waals surface area (Å²) < 4.78 is 0. The van der Waals surface area contributed by atoms with Gasteiger partial charge in [0, 0.05) is 17.0 Å². The number of hydrogen-bond donors (Lipinski definition) is 1. The van der Waals surface area contributed by atoms with Gasteiger partial charge in [0.05, 0.1) is 11.2 Å². The maximum Gasteiger partial charge on any atom is 0.0798 e. The number of rotatable bonds is 3. The van der Waals surface area contributed by atoms with Crippen molar-refractivity contribution in [3.05, 3.63) is 16.1 Å². The minimum atomic E-state index is 0.459. The van der Waals surface area contributed by atoms with Crippen molar-refractivity contribution in [1.82, 2.24) is 10.3 Å². The Labute approximate surface area is 109 Å². The molecule has 2 nitrogen and oxygen atoms in total. The Morgan fingerprint density at radius 3 is 2.88 bits per heavy atom. The number of thiazole rings is 1. The van der Waals surface area contributed by atoms with Crippen LogP contribution in [0.2, 0.25) is 0 Å². The van der Waals surface area contributed by atoms with E-state index in [-0.39, 0.29) is 0 Å². The third-order valence-corrected chi connectivity index (χ3v) is 5.03. The fourth-order valence-electron chi connectivity index (χ4n) is 2.81. The van der Waals surface area contributed by atoms with Crippen LogP contribution in [-0.4, -0.2) is 11.0 Å². The van der Waals surface area contributed by atoms with Crippen LogP contribution >= 0.6 is 11.3 Å². The van der Waals surface area contributed by atoms with Gasteiger partial charge in [0.2, 0.25) is 0 Å². The smallest absolute Gasteiger partial charge is 0.0798 e. The van der Waals surface area contributed by atoms with E-state index in [9.17, 15) is 0 Å². The molecule has 0 saturated heterocycles. The summed E-state index contributed by atoms with van der Waals surface area (Å²) in [5.74, 6) is 0.919. The molecule has 1 saturated carbocycles. The molecule has 0 radical (unpaired) electrons. The molecule has 1 heterocycles. The fraction of sp³-hybridized carbons (Fsp3) is 0.786. The maximum atomic E-state index is 4.34. The molecule has 1 aliphatic carbocycles. The highest BCUT2D eigenvalue weighted by atomic mass is 32.1. The highest BCUT2D eigenvalue weighted by Crippen LogP contribution is 2.26.